The fourth-order valence-electron chi connectivity index (χ4n) is 2.47. The van der Waals surface area contributed by atoms with Crippen molar-refractivity contribution in [1.29, 1.82) is 0 Å². The minimum absolute atomic E-state index is 0.0262. The van der Waals surface area contributed by atoms with Crippen LogP contribution in [0, 0.1) is 15.9 Å². The first-order valence-electron chi connectivity index (χ1n) is 7.03. The first kappa shape index (κ1) is 16.9. The molecule has 0 spiro atoms. The lowest BCUT2D eigenvalue weighted by Gasteiger charge is -2.23. The lowest BCUT2D eigenvalue weighted by molar-refractivity contribution is -0.384. The molecule has 6 nitrogen and oxygen atoms in total. The number of halogens is 1. The molecule has 0 aliphatic carbocycles. The first-order chi connectivity index (χ1) is 11.4. The predicted octanol–water partition coefficient (Wildman–Crippen LogP) is 3.17. The van der Waals surface area contributed by atoms with E-state index >= 15 is 0 Å². The molecular weight excluding hydrogens is 355 g/mol. The molecule has 9 heteroatoms. The molecule has 1 heterocycles. The second kappa shape index (κ2) is 6.50. The van der Waals surface area contributed by atoms with Crippen LogP contribution in [0.4, 0.5) is 10.1 Å². The smallest absolute Gasteiger partial charge is 0.258 e. The zero-order valence-electron chi connectivity index (χ0n) is 12.3. The average Bonchev–Trinajstić information content (AvgIpc) is 3.06. The van der Waals surface area contributed by atoms with Crippen LogP contribution >= 0.6 is 11.8 Å². The Hall–Kier alpha value is -1.97. The molecule has 0 bridgehead atoms. The Morgan fingerprint density at radius 1 is 1.12 bits per heavy atom. The Kier molecular flexibility index (Phi) is 4.57. The summed E-state index contributed by atoms with van der Waals surface area (Å²) in [4.78, 5) is 10.3. The van der Waals surface area contributed by atoms with Crippen LogP contribution in [0.2, 0.25) is 0 Å². The van der Waals surface area contributed by atoms with E-state index in [0.717, 1.165) is 12.1 Å². The van der Waals surface area contributed by atoms with Crippen molar-refractivity contribution in [1.82, 2.24) is 4.31 Å². The van der Waals surface area contributed by atoms with Crippen LogP contribution in [-0.4, -0.2) is 29.9 Å². The normalized spacial score (nSPS) is 18.6. The van der Waals surface area contributed by atoms with Gasteiger partial charge in [-0.3, -0.25) is 10.1 Å². The summed E-state index contributed by atoms with van der Waals surface area (Å²) in [5, 5.41) is 10.3. The van der Waals surface area contributed by atoms with Gasteiger partial charge in [-0.1, -0.05) is 0 Å². The molecule has 0 radical (unpaired) electrons. The zero-order valence-corrected chi connectivity index (χ0v) is 14.0. The largest absolute Gasteiger partial charge is 0.269 e. The maximum Gasteiger partial charge on any atom is 0.269 e. The summed E-state index contributed by atoms with van der Waals surface area (Å²) in [7, 11) is -3.77. The highest BCUT2D eigenvalue weighted by molar-refractivity contribution is 8.01. The highest BCUT2D eigenvalue weighted by atomic mass is 32.2. The average molecular weight is 368 g/mol. The molecule has 3 rings (SSSR count). The summed E-state index contributed by atoms with van der Waals surface area (Å²) in [6, 6.07) is 10.5. The number of thioether (sulfide) groups is 1. The third-order valence-electron chi connectivity index (χ3n) is 3.66. The molecule has 0 N–H and O–H groups in total. The van der Waals surface area contributed by atoms with Crippen molar-refractivity contribution in [3.05, 3.63) is 70.0 Å². The van der Waals surface area contributed by atoms with Crippen molar-refractivity contribution in [2.24, 2.45) is 0 Å². The van der Waals surface area contributed by atoms with Gasteiger partial charge in [-0.15, -0.1) is 11.8 Å². The van der Waals surface area contributed by atoms with Gasteiger partial charge in [0, 0.05) is 24.4 Å². The van der Waals surface area contributed by atoms with Crippen LogP contribution in [0.25, 0.3) is 0 Å². The van der Waals surface area contributed by atoms with Crippen LogP contribution in [0.1, 0.15) is 10.9 Å². The molecule has 1 aliphatic heterocycles. The number of rotatable bonds is 4. The summed E-state index contributed by atoms with van der Waals surface area (Å²) >= 11 is 1.45. The zero-order chi connectivity index (χ0) is 17.3. The maximum absolute atomic E-state index is 13.0. The number of nitro groups is 1. The van der Waals surface area contributed by atoms with E-state index in [0.29, 0.717) is 17.9 Å². The predicted molar refractivity (Wildman–Crippen MR) is 88.6 cm³/mol. The van der Waals surface area contributed by atoms with Gasteiger partial charge in [0.1, 0.15) is 5.82 Å². The second-order valence-electron chi connectivity index (χ2n) is 5.14. The lowest BCUT2D eigenvalue weighted by Crippen LogP contribution is -2.30. The summed E-state index contributed by atoms with van der Waals surface area (Å²) in [5.41, 5.74) is 0.628. The molecule has 1 aliphatic rings. The number of nitro benzene ring substituents is 1. The lowest BCUT2D eigenvalue weighted by atomic mass is 10.2. The van der Waals surface area contributed by atoms with Crippen LogP contribution < -0.4 is 0 Å². The van der Waals surface area contributed by atoms with E-state index in [-0.39, 0.29) is 10.6 Å². The topological polar surface area (TPSA) is 80.5 Å². The van der Waals surface area contributed by atoms with Crippen molar-refractivity contribution in [3.8, 4) is 0 Å². The highest BCUT2D eigenvalue weighted by Crippen LogP contribution is 2.41. The van der Waals surface area contributed by atoms with Crippen LogP contribution in [-0.2, 0) is 10.0 Å². The van der Waals surface area contributed by atoms with Gasteiger partial charge in [0.25, 0.3) is 5.69 Å². The summed E-state index contributed by atoms with van der Waals surface area (Å²) in [6.07, 6.45) is 0. The van der Waals surface area contributed by atoms with Crippen LogP contribution in [0.15, 0.2) is 53.4 Å². The second-order valence-corrected chi connectivity index (χ2v) is 8.22. The van der Waals surface area contributed by atoms with E-state index in [9.17, 15) is 22.9 Å². The Morgan fingerprint density at radius 3 is 2.33 bits per heavy atom. The van der Waals surface area contributed by atoms with E-state index in [4.69, 9.17) is 0 Å². The standard InChI is InChI=1S/C15H13FN2O4S2/c16-12-3-7-14(8-4-12)24(21,22)17-9-10-23-15(17)11-1-5-13(6-2-11)18(19)20/h1-8,15H,9-10H2/t15-/m1/s1. The summed E-state index contributed by atoms with van der Waals surface area (Å²) in [5.74, 6) is 0.110. The number of hydrogen-bond acceptors (Lipinski definition) is 5. The molecule has 1 fully saturated rings. The van der Waals surface area contributed by atoms with E-state index in [1.54, 1.807) is 12.1 Å². The molecule has 0 saturated carbocycles. The quantitative estimate of drug-likeness (QED) is 0.612. The molecule has 2 aromatic rings. The van der Waals surface area contributed by atoms with Crippen molar-refractivity contribution in [2.75, 3.05) is 12.3 Å². The van der Waals surface area contributed by atoms with Gasteiger partial charge in [-0.25, -0.2) is 12.8 Å². The number of nitrogens with zero attached hydrogens (tertiary/aromatic N) is 2. The molecule has 126 valence electrons. The van der Waals surface area contributed by atoms with Crippen molar-refractivity contribution >= 4 is 27.5 Å². The molecular formula is C15H13FN2O4S2. The van der Waals surface area contributed by atoms with E-state index < -0.39 is 26.1 Å². The minimum Gasteiger partial charge on any atom is -0.258 e. The molecule has 0 aromatic heterocycles. The summed E-state index contributed by atoms with van der Waals surface area (Å²) < 4.78 is 39.9. The number of hydrogen-bond donors (Lipinski definition) is 0. The molecule has 1 saturated heterocycles. The third kappa shape index (κ3) is 3.14. The van der Waals surface area contributed by atoms with Gasteiger partial charge in [0.2, 0.25) is 10.0 Å². The van der Waals surface area contributed by atoms with E-state index in [1.807, 2.05) is 0 Å². The number of benzene rings is 2. The Labute approximate surface area is 142 Å². The Bertz CT molecular complexity index is 854. The molecule has 1 atom stereocenters. The van der Waals surface area contributed by atoms with Crippen molar-refractivity contribution < 1.29 is 17.7 Å². The Balaban J connectivity index is 1.92. The Morgan fingerprint density at radius 2 is 1.75 bits per heavy atom. The highest BCUT2D eigenvalue weighted by Gasteiger charge is 2.36. The van der Waals surface area contributed by atoms with Crippen LogP contribution in [0.3, 0.4) is 0 Å². The monoisotopic (exact) mass is 368 g/mol. The SMILES string of the molecule is O=[N+]([O-])c1ccc([C@H]2SCCN2S(=O)(=O)c2ccc(F)cc2)cc1. The number of non-ortho nitro benzene ring substituents is 1. The first-order valence-corrected chi connectivity index (χ1v) is 9.52. The third-order valence-corrected chi connectivity index (χ3v) is 6.93. The van der Waals surface area contributed by atoms with Gasteiger partial charge >= 0.3 is 0 Å². The van der Waals surface area contributed by atoms with Crippen molar-refractivity contribution in [3.63, 3.8) is 0 Å². The minimum atomic E-state index is -3.77. The molecule has 2 aromatic carbocycles. The molecule has 24 heavy (non-hydrogen) atoms. The van der Waals surface area contributed by atoms with Crippen LogP contribution in [0.5, 0.6) is 0 Å². The summed E-state index contributed by atoms with van der Waals surface area (Å²) in [6.45, 7) is 0.325. The van der Waals surface area contributed by atoms with E-state index in [2.05, 4.69) is 0 Å². The molecule has 0 amide bonds. The van der Waals surface area contributed by atoms with Gasteiger partial charge in [0.05, 0.1) is 15.2 Å². The maximum atomic E-state index is 13.0. The van der Waals surface area contributed by atoms with Gasteiger partial charge in [0.15, 0.2) is 0 Å². The fraction of sp³-hybridized carbons (Fsp3) is 0.200. The fourth-order valence-corrected chi connectivity index (χ4v) is 5.71. The van der Waals surface area contributed by atoms with E-state index in [1.165, 1.54) is 40.3 Å². The van der Waals surface area contributed by atoms with Gasteiger partial charge < -0.3 is 0 Å². The molecule has 0 unspecified atom stereocenters. The number of sulfonamides is 1. The van der Waals surface area contributed by atoms with Gasteiger partial charge in [-0.2, -0.15) is 4.31 Å². The van der Waals surface area contributed by atoms with Gasteiger partial charge in [-0.05, 0) is 42.0 Å². The van der Waals surface area contributed by atoms with Crippen molar-refractivity contribution in [2.45, 2.75) is 10.3 Å².